The lowest BCUT2D eigenvalue weighted by atomic mass is 10.0. The Morgan fingerprint density at radius 3 is 2.19 bits per heavy atom. The van der Waals surface area contributed by atoms with Gasteiger partial charge in [0.05, 0.1) is 6.04 Å². The third-order valence-electron chi connectivity index (χ3n) is 4.82. The number of nitrogens with one attached hydrogen (secondary N) is 3. The van der Waals surface area contributed by atoms with Gasteiger partial charge in [-0.3, -0.25) is 4.79 Å². The maximum atomic E-state index is 12.3. The van der Waals surface area contributed by atoms with Crippen molar-refractivity contribution in [3.05, 3.63) is 72.1 Å². The van der Waals surface area contributed by atoms with Crippen LogP contribution in [0.15, 0.2) is 60.9 Å². The molecule has 5 N–H and O–H groups in total. The molecule has 0 fully saturated rings. The highest BCUT2D eigenvalue weighted by atomic mass is 16.2. The molecule has 1 atom stereocenters. The molecule has 0 aliphatic rings. The van der Waals surface area contributed by atoms with Crippen molar-refractivity contribution in [2.24, 2.45) is 5.73 Å². The van der Waals surface area contributed by atoms with Gasteiger partial charge < -0.3 is 21.0 Å². The highest BCUT2D eigenvalue weighted by Gasteiger charge is 2.16. The van der Waals surface area contributed by atoms with Gasteiger partial charge in [0, 0.05) is 40.7 Å². The van der Waals surface area contributed by atoms with E-state index in [4.69, 9.17) is 5.73 Å². The first-order chi connectivity index (χ1) is 12.7. The minimum atomic E-state index is -0.558. The molecule has 0 spiro atoms. The predicted molar refractivity (Wildman–Crippen MR) is 105 cm³/mol. The van der Waals surface area contributed by atoms with E-state index in [1.165, 1.54) is 10.9 Å². The topological polar surface area (TPSA) is 86.7 Å². The fraction of sp³-hybridized carbons (Fsp3) is 0.190. The number of aromatic amines is 2. The van der Waals surface area contributed by atoms with E-state index in [9.17, 15) is 4.79 Å². The molecule has 2 aromatic carbocycles. The van der Waals surface area contributed by atoms with Gasteiger partial charge in [0.15, 0.2) is 0 Å². The van der Waals surface area contributed by atoms with Crippen molar-refractivity contribution in [1.29, 1.82) is 0 Å². The van der Waals surface area contributed by atoms with Crippen LogP contribution in [0.3, 0.4) is 0 Å². The lowest BCUT2D eigenvalue weighted by Gasteiger charge is -2.12. The highest BCUT2D eigenvalue weighted by Crippen LogP contribution is 2.19. The Labute approximate surface area is 151 Å². The average Bonchev–Trinajstić information content (AvgIpc) is 3.26. The van der Waals surface area contributed by atoms with E-state index in [1.54, 1.807) is 0 Å². The summed E-state index contributed by atoms with van der Waals surface area (Å²) in [5.74, 6) is -0.116. The van der Waals surface area contributed by atoms with Gasteiger partial charge in [-0.1, -0.05) is 36.4 Å². The van der Waals surface area contributed by atoms with E-state index >= 15 is 0 Å². The van der Waals surface area contributed by atoms with E-state index in [0.29, 0.717) is 13.0 Å². The Morgan fingerprint density at radius 2 is 1.50 bits per heavy atom. The first-order valence-electron chi connectivity index (χ1n) is 8.85. The number of amides is 1. The Morgan fingerprint density at radius 1 is 0.923 bits per heavy atom. The Bertz CT molecular complexity index is 1050. The van der Waals surface area contributed by atoms with Gasteiger partial charge in [-0.15, -0.1) is 0 Å². The predicted octanol–water partition coefficient (Wildman–Crippen LogP) is 2.88. The van der Waals surface area contributed by atoms with Crippen LogP contribution in [0, 0.1) is 0 Å². The van der Waals surface area contributed by atoms with Crippen LogP contribution in [0.4, 0.5) is 0 Å². The van der Waals surface area contributed by atoms with Gasteiger partial charge in [0.25, 0.3) is 0 Å². The van der Waals surface area contributed by atoms with Gasteiger partial charge in [0.1, 0.15) is 0 Å². The normalized spacial score (nSPS) is 12.5. The molecule has 1 amide bonds. The van der Waals surface area contributed by atoms with Gasteiger partial charge in [-0.05, 0) is 36.1 Å². The van der Waals surface area contributed by atoms with Gasteiger partial charge >= 0.3 is 0 Å². The average molecular weight is 346 g/mol. The third kappa shape index (κ3) is 3.21. The van der Waals surface area contributed by atoms with Crippen molar-refractivity contribution >= 4 is 27.7 Å². The van der Waals surface area contributed by atoms with Crippen molar-refractivity contribution in [2.45, 2.75) is 18.9 Å². The van der Waals surface area contributed by atoms with E-state index in [1.807, 2.05) is 48.8 Å². The number of carbonyl (C=O) groups excluding carboxylic acids is 1. The molecule has 132 valence electrons. The lowest BCUT2D eigenvalue weighted by molar-refractivity contribution is -0.122. The van der Waals surface area contributed by atoms with Crippen molar-refractivity contribution in [3.8, 4) is 0 Å². The number of aromatic nitrogens is 2. The van der Waals surface area contributed by atoms with Crippen LogP contribution >= 0.6 is 0 Å². The number of hydrogen-bond acceptors (Lipinski definition) is 2. The van der Waals surface area contributed by atoms with Crippen LogP contribution in [-0.4, -0.2) is 28.5 Å². The second kappa shape index (κ2) is 7.06. The number of nitrogens with two attached hydrogens (primary N) is 1. The van der Waals surface area contributed by atoms with Crippen molar-refractivity contribution in [1.82, 2.24) is 15.3 Å². The number of benzene rings is 2. The van der Waals surface area contributed by atoms with Gasteiger partial charge in [-0.25, -0.2) is 0 Å². The molecule has 2 aromatic heterocycles. The van der Waals surface area contributed by atoms with Crippen molar-refractivity contribution in [3.63, 3.8) is 0 Å². The molecular formula is C21H22N4O. The van der Waals surface area contributed by atoms with Crippen LogP contribution in [0.25, 0.3) is 21.8 Å². The number of para-hydroxylation sites is 2. The van der Waals surface area contributed by atoms with Crippen molar-refractivity contribution < 1.29 is 4.79 Å². The summed E-state index contributed by atoms with van der Waals surface area (Å²) in [7, 11) is 0. The smallest absolute Gasteiger partial charge is 0.237 e. The summed E-state index contributed by atoms with van der Waals surface area (Å²) in [6.07, 6.45) is 5.23. The maximum absolute atomic E-state index is 12.3. The number of fused-ring (bicyclic) bond motifs is 2. The number of rotatable bonds is 6. The summed E-state index contributed by atoms with van der Waals surface area (Å²) >= 11 is 0. The van der Waals surface area contributed by atoms with Crippen LogP contribution in [0.2, 0.25) is 0 Å². The van der Waals surface area contributed by atoms with E-state index < -0.39 is 6.04 Å². The molecule has 4 aromatic rings. The molecule has 0 aliphatic carbocycles. The van der Waals surface area contributed by atoms with Gasteiger partial charge in [0.2, 0.25) is 5.91 Å². The molecule has 0 saturated carbocycles. The molecule has 5 nitrogen and oxygen atoms in total. The molecule has 0 bridgehead atoms. The zero-order valence-electron chi connectivity index (χ0n) is 14.5. The Hall–Kier alpha value is -3.05. The summed E-state index contributed by atoms with van der Waals surface area (Å²) in [5, 5.41) is 5.28. The monoisotopic (exact) mass is 346 g/mol. The Balaban J connectivity index is 1.34. The maximum Gasteiger partial charge on any atom is 0.237 e. The van der Waals surface area contributed by atoms with Crippen LogP contribution < -0.4 is 11.1 Å². The first kappa shape index (κ1) is 16.4. The summed E-state index contributed by atoms with van der Waals surface area (Å²) in [4.78, 5) is 18.8. The van der Waals surface area contributed by atoms with Crippen LogP contribution in [-0.2, 0) is 17.6 Å². The minimum Gasteiger partial charge on any atom is -0.361 e. The van der Waals surface area contributed by atoms with E-state index in [-0.39, 0.29) is 5.91 Å². The Kier molecular flexibility index (Phi) is 4.46. The first-order valence-corrected chi connectivity index (χ1v) is 8.85. The number of H-pyrrole nitrogens is 2. The lowest BCUT2D eigenvalue weighted by Crippen LogP contribution is -2.42. The zero-order chi connectivity index (χ0) is 17.9. The summed E-state index contributed by atoms with van der Waals surface area (Å²) in [5.41, 5.74) is 10.6. The van der Waals surface area contributed by atoms with E-state index in [0.717, 1.165) is 28.4 Å². The fourth-order valence-electron chi connectivity index (χ4n) is 3.42. The third-order valence-corrected chi connectivity index (χ3v) is 4.82. The molecular weight excluding hydrogens is 324 g/mol. The molecule has 0 saturated heterocycles. The molecule has 2 heterocycles. The van der Waals surface area contributed by atoms with Gasteiger partial charge in [-0.2, -0.15) is 0 Å². The molecule has 4 rings (SSSR count). The highest BCUT2D eigenvalue weighted by molar-refractivity contribution is 5.86. The zero-order valence-corrected chi connectivity index (χ0v) is 14.5. The molecule has 5 heteroatoms. The number of hydrogen-bond donors (Lipinski definition) is 4. The van der Waals surface area contributed by atoms with Crippen molar-refractivity contribution in [2.75, 3.05) is 6.54 Å². The molecule has 0 unspecified atom stereocenters. The standard InChI is InChI=1S/C21H22N4O/c22-18(11-15-13-25-20-8-4-2-6-17(15)20)21(26)23-10-9-14-12-24-19-7-3-1-5-16(14)19/h1-8,12-13,18,24-25H,9-11,22H2,(H,23,26)/t18-/m0/s1. The van der Waals surface area contributed by atoms with Crippen LogP contribution in [0.1, 0.15) is 11.1 Å². The number of carbonyl (C=O) groups is 1. The second-order valence-electron chi connectivity index (χ2n) is 6.57. The largest absolute Gasteiger partial charge is 0.361 e. The van der Waals surface area contributed by atoms with E-state index in [2.05, 4.69) is 27.4 Å². The van der Waals surface area contributed by atoms with Crippen LogP contribution in [0.5, 0.6) is 0 Å². The quantitative estimate of drug-likeness (QED) is 0.433. The summed E-state index contributed by atoms with van der Waals surface area (Å²) < 4.78 is 0. The summed E-state index contributed by atoms with van der Waals surface area (Å²) in [6, 6.07) is 15.7. The minimum absolute atomic E-state index is 0.116. The summed E-state index contributed by atoms with van der Waals surface area (Å²) in [6.45, 7) is 0.572. The molecule has 26 heavy (non-hydrogen) atoms. The SMILES string of the molecule is N[C@@H](Cc1c[nH]c2ccccc12)C(=O)NCCc1c[nH]c2ccccc12. The fourth-order valence-corrected chi connectivity index (χ4v) is 3.42. The molecule has 0 radical (unpaired) electrons. The second-order valence-corrected chi connectivity index (χ2v) is 6.57. The molecule has 0 aliphatic heterocycles.